The summed E-state index contributed by atoms with van der Waals surface area (Å²) < 4.78 is 1.60. The molecular weight excluding hydrogens is 254 g/mol. The topological polar surface area (TPSA) is 64.0 Å². The normalized spacial score (nSPS) is 10.3. The van der Waals surface area contributed by atoms with Crippen LogP contribution in [0.3, 0.4) is 0 Å². The number of nitrogens with zero attached hydrogens (tertiary/aromatic N) is 2. The first-order valence-electron chi connectivity index (χ1n) is 6.50. The first-order chi connectivity index (χ1) is 9.61. The molecule has 104 valence electrons. The van der Waals surface area contributed by atoms with Crippen LogP contribution < -0.4 is 5.32 Å². The first kappa shape index (κ1) is 14.0. The highest BCUT2D eigenvalue weighted by Gasteiger charge is 2.15. The van der Waals surface area contributed by atoms with Gasteiger partial charge in [-0.25, -0.2) is 0 Å². The summed E-state index contributed by atoms with van der Waals surface area (Å²) in [6.45, 7) is 1.93. The lowest BCUT2D eigenvalue weighted by molar-refractivity contribution is 0.0903. The Morgan fingerprint density at radius 1 is 1.25 bits per heavy atom. The number of amides is 1. The van der Waals surface area contributed by atoms with Crippen molar-refractivity contribution in [2.24, 2.45) is 7.05 Å². The third-order valence-corrected chi connectivity index (χ3v) is 2.99. The van der Waals surface area contributed by atoms with E-state index in [4.69, 9.17) is 0 Å². The van der Waals surface area contributed by atoms with Crippen molar-refractivity contribution in [2.45, 2.75) is 13.3 Å². The summed E-state index contributed by atoms with van der Waals surface area (Å²) in [7, 11) is 1.77. The van der Waals surface area contributed by atoms with Gasteiger partial charge in [0.25, 0.3) is 5.91 Å². The molecule has 0 spiro atoms. The molecule has 0 fully saturated rings. The molecule has 0 saturated heterocycles. The molecule has 2 rings (SSSR count). The lowest BCUT2D eigenvalue weighted by atomic mass is 10.1. The van der Waals surface area contributed by atoms with E-state index < -0.39 is 0 Å². The number of hydrogen-bond acceptors (Lipinski definition) is 3. The van der Waals surface area contributed by atoms with Crippen LogP contribution in [0.2, 0.25) is 0 Å². The summed E-state index contributed by atoms with van der Waals surface area (Å²) in [5.41, 5.74) is 1.85. The van der Waals surface area contributed by atoms with Crippen LogP contribution in [0, 0.1) is 0 Å². The molecule has 0 radical (unpaired) electrons. The summed E-state index contributed by atoms with van der Waals surface area (Å²) in [5, 5.41) is 6.85. The van der Waals surface area contributed by atoms with E-state index in [-0.39, 0.29) is 18.2 Å². The van der Waals surface area contributed by atoms with Gasteiger partial charge in [0, 0.05) is 18.8 Å². The Morgan fingerprint density at radius 2 is 1.95 bits per heavy atom. The molecule has 1 heterocycles. The number of ketones is 1. The van der Waals surface area contributed by atoms with Gasteiger partial charge in [0.05, 0.1) is 17.8 Å². The van der Waals surface area contributed by atoms with E-state index in [1.165, 1.54) is 0 Å². The van der Waals surface area contributed by atoms with Gasteiger partial charge in [0.15, 0.2) is 5.78 Å². The van der Waals surface area contributed by atoms with Gasteiger partial charge in [0.2, 0.25) is 0 Å². The number of rotatable bonds is 5. The summed E-state index contributed by atoms with van der Waals surface area (Å²) in [4.78, 5) is 24.0. The highest BCUT2D eigenvalue weighted by molar-refractivity contribution is 6.02. The maximum absolute atomic E-state index is 12.1. The van der Waals surface area contributed by atoms with Gasteiger partial charge in [0.1, 0.15) is 0 Å². The highest BCUT2D eigenvalue weighted by atomic mass is 16.2. The Bertz CT molecular complexity index is 617. The minimum atomic E-state index is -0.265. The Morgan fingerprint density at radius 3 is 2.60 bits per heavy atom. The summed E-state index contributed by atoms with van der Waals surface area (Å²) in [5.74, 6) is -0.375. The van der Waals surface area contributed by atoms with Crippen LogP contribution in [-0.2, 0) is 13.5 Å². The molecule has 0 aliphatic heterocycles. The van der Waals surface area contributed by atoms with Gasteiger partial charge >= 0.3 is 0 Å². The van der Waals surface area contributed by atoms with Crippen LogP contribution in [0.5, 0.6) is 0 Å². The van der Waals surface area contributed by atoms with E-state index in [2.05, 4.69) is 10.4 Å². The maximum Gasteiger partial charge on any atom is 0.255 e. The maximum atomic E-state index is 12.1. The summed E-state index contributed by atoms with van der Waals surface area (Å²) in [6.07, 6.45) is 2.34. The fraction of sp³-hybridized carbons (Fsp3) is 0.267. The molecule has 1 aromatic heterocycles. The number of carbonyl (C=O) groups is 2. The highest BCUT2D eigenvalue weighted by Crippen LogP contribution is 2.07. The monoisotopic (exact) mass is 271 g/mol. The van der Waals surface area contributed by atoms with Crippen molar-refractivity contribution in [2.75, 3.05) is 6.54 Å². The molecular formula is C15H17N3O2. The predicted octanol–water partition coefficient (Wildman–Crippen LogP) is 1.60. The number of carbonyl (C=O) groups excluding carboxylic acids is 2. The average Bonchev–Trinajstić information content (AvgIpc) is 2.86. The number of benzene rings is 1. The van der Waals surface area contributed by atoms with Gasteiger partial charge in [-0.2, -0.15) is 5.10 Å². The number of Topliss-reactive ketones (excluding diaryl/α,β-unsaturated/α-hetero) is 1. The van der Waals surface area contributed by atoms with Crippen molar-refractivity contribution in [3.05, 3.63) is 53.3 Å². The average molecular weight is 271 g/mol. The van der Waals surface area contributed by atoms with Crippen molar-refractivity contribution >= 4 is 11.7 Å². The Labute approximate surface area is 117 Å². The molecule has 0 aliphatic carbocycles. The minimum Gasteiger partial charge on any atom is -0.344 e. The Hall–Kier alpha value is -2.43. The molecule has 0 bridgehead atoms. The van der Waals surface area contributed by atoms with E-state index in [1.807, 2.05) is 13.0 Å². The zero-order chi connectivity index (χ0) is 14.5. The van der Waals surface area contributed by atoms with Gasteiger partial charge in [-0.15, -0.1) is 0 Å². The largest absolute Gasteiger partial charge is 0.344 e. The molecule has 0 aliphatic rings. The molecule has 5 heteroatoms. The molecule has 0 saturated carbocycles. The van der Waals surface area contributed by atoms with Crippen molar-refractivity contribution in [1.29, 1.82) is 0 Å². The van der Waals surface area contributed by atoms with E-state index in [0.29, 0.717) is 17.5 Å². The van der Waals surface area contributed by atoms with Crippen LogP contribution in [0.4, 0.5) is 0 Å². The molecule has 5 nitrogen and oxygen atoms in total. The van der Waals surface area contributed by atoms with Crippen LogP contribution in [0.15, 0.2) is 36.5 Å². The second-order valence-corrected chi connectivity index (χ2v) is 4.49. The fourth-order valence-electron chi connectivity index (χ4n) is 1.97. The molecule has 20 heavy (non-hydrogen) atoms. The molecule has 1 aromatic carbocycles. The summed E-state index contributed by atoms with van der Waals surface area (Å²) in [6, 6.07) is 8.90. The van der Waals surface area contributed by atoms with Crippen LogP contribution >= 0.6 is 0 Å². The number of nitrogens with one attached hydrogen (secondary N) is 1. The van der Waals surface area contributed by atoms with Gasteiger partial charge in [-0.3, -0.25) is 14.3 Å². The quantitative estimate of drug-likeness (QED) is 0.840. The van der Waals surface area contributed by atoms with Crippen LogP contribution in [-0.4, -0.2) is 28.0 Å². The molecule has 1 N–H and O–H groups in total. The van der Waals surface area contributed by atoms with E-state index in [1.54, 1.807) is 42.2 Å². The van der Waals surface area contributed by atoms with Gasteiger partial charge < -0.3 is 5.32 Å². The molecule has 1 amide bonds. The Balaban J connectivity index is 2.00. The van der Waals surface area contributed by atoms with Gasteiger partial charge in [-0.05, 0) is 6.42 Å². The summed E-state index contributed by atoms with van der Waals surface area (Å²) >= 11 is 0. The van der Waals surface area contributed by atoms with Crippen molar-refractivity contribution in [3.63, 3.8) is 0 Å². The fourth-order valence-corrected chi connectivity index (χ4v) is 1.97. The minimum absolute atomic E-state index is 0.0130. The van der Waals surface area contributed by atoms with Crippen molar-refractivity contribution in [1.82, 2.24) is 15.1 Å². The zero-order valence-corrected chi connectivity index (χ0v) is 11.6. The van der Waals surface area contributed by atoms with Crippen LogP contribution in [0.25, 0.3) is 0 Å². The van der Waals surface area contributed by atoms with E-state index >= 15 is 0 Å². The van der Waals surface area contributed by atoms with Gasteiger partial charge in [-0.1, -0.05) is 37.3 Å². The predicted molar refractivity (Wildman–Crippen MR) is 75.7 cm³/mol. The molecule has 0 unspecified atom stereocenters. The van der Waals surface area contributed by atoms with E-state index in [9.17, 15) is 9.59 Å². The molecule has 0 atom stereocenters. The third-order valence-electron chi connectivity index (χ3n) is 2.99. The number of aromatic nitrogens is 2. The Kier molecular flexibility index (Phi) is 4.30. The second kappa shape index (κ2) is 6.14. The lowest BCUT2D eigenvalue weighted by Gasteiger charge is -2.04. The lowest BCUT2D eigenvalue weighted by Crippen LogP contribution is -2.29. The van der Waals surface area contributed by atoms with Crippen molar-refractivity contribution < 1.29 is 9.59 Å². The molecule has 2 aromatic rings. The second-order valence-electron chi connectivity index (χ2n) is 4.49. The smallest absolute Gasteiger partial charge is 0.255 e. The number of aryl methyl sites for hydroxylation is 2. The van der Waals surface area contributed by atoms with Crippen molar-refractivity contribution in [3.8, 4) is 0 Å². The first-order valence-corrected chi connectivity index (χ1v) is 6.50. The van der Waals surface area contributed by atoms with Crippen LogP contribution in [0.1, 0.15) is 33.3 Å². The SMILES string of the molecule is CCc1nn(C)cc1C(=O)NCC(=O)c1ccccc1. The standard InChI is InChI=1S/C15H17N3O2/c1-3-13-12(10-18(2)17-13)15(20)16-9-14(19)11-7-5-4-6-8-11/h4-8,10H,3,9H2,1-2H3,(H,16,20). The zero-order valence-electron chi connectivity index (χ0n) is 11.6. The van der Waals surface area contributed by atoms with E-state index in [0.717, 1.165) is 5.69 Å². The number of hydrogen-bond donors (Lipinski definition) is 1. The third kappa shape index (κ3) is 3.12.